The summed E-state index contributed by atoms with van der Waals surface area (Å²) in [7, 11) is 0. The van der Waals surface area contributed by atoms with Gasteiger partial charge in [0, 0.05) is 56.7 Å². The van der Waals surface area contributed by atoms with Crippen LogP contribution in [0.5, 0.6) is 0 Å². The third kappa shape index (κ3) is 6.98. The van der Waals surface area contributed by atoms with Gasteiger partial charge >= 0.3 is 5.97 Å². The van der Waals surface area contributed by atoms with E-state index in [-0.39, 0.29) is 17.5 Å². The van der Waals surface area contributed by atoms with Crippen LogP contribution in [-0.4, -0.2) is 88.3 Å². The lowest BCUT2D eigenvalue weighted by Gasteiger charge is -2.41. The first-order chi connectivity index (χ1) is 23.5. The molecule has 7 rings (SSSR count). The number of aromatic nitrogens is 2. The minimum atomic E-state index is -0.949. The number of morpholine rings is 1. The van der Waals surface area contributed by atoms with Gasteiger partial charge in [-0.25, -0.2) is 9.78 Å². The zero-order valence-corrected chi connectivity index (χ0v) is 27.1. The number of carboxylic acid groups (broad SMARTS) is 1. The molecule has 1 N–H and O–H groups in total. The van der Waals surface area contributed by atoms with Crippen LogP contribution in [0.15, 0.2) is 103 Å². The monoisotopic (exact) mass is 643 g/mol. The van der Waals surface area contributed by atoms with Crippen LogP contribution in [-0.2, 0) is 17.7 Å². The molecule has 0 saturated carbocycles. The predicted octanol–water partition coefficient (Wildman–Crippen LogP) is 5.71. The van der Waals surface area contributed by atoms with Crippen molar-refractivity contribution in [3.63, 3.8) is 0 Å². The van der Waals surface area contributed by atoms with Gasteiger partial charge in [0.25, 0.3) is 5.91 Å². The van der Waals surface area contributed by atoms with Gasteiger partial charge in [0.1, 0.15) is 6.33 Å². The number of nitrogens with zero attached hydrogens (tertiary/aromatic N) is 5. The maximum atomic E-state index is 14.7. The molecule has 1 amide bonds. The van der Waals surface area contributed by atoms with E-state index in [0.29, 0.717) is 38.4 Å². The van der Waals surface area contributed by atoms with Crippen molar-refractivity contribution in [1.29, 1.82) is 0 Å². The van der Waals surface area contributed by atoms with Crippen LogP contribution in [0.3, 0.4) is 0 Å². The summed E-state index contributed by atoms with van der Waals surface area (Å²) in [6.07, 6.45) is 10.5. The lowest BCUT2D eigenvalue weighted by molar-refractivity contribution is 0.0433. The zero-order valence-electron chi connectivity index (χ0n) is 27.1. The average molecular weight is 644 g/mol. The Morgan fingerprint density at radius 3 is 2.42 bits per heavy atom. The number of aromatic carboxylic acids is 1. The Balaban J connectivity index is 1.22. The van der Waals surface area contributed by atoms with Gasteiger partial charge in [-0.1, -0.05) is 66.8 Å². The predicted molar refractivity (Wildman–Crippen MR) is 187 cm³/mol. The fourth-order valence-corrected chi connectivity index (χ4v) is 7.01. The third-order valence-corrected chi connectivity index (χ3v) is 9.52. The highest BCUT2D eigenvalue weighted by molar-refractivity contribution is 5.97. The number of piperazine rings is 1. The molecule has 0 spiro atoms. The Bertz CT molecular complexity index is 1810. The Hall–Kier alpha value is -4.99. The smallest absolute Gasteiger partial charge is 0.335 e. The summed E-state index contributed by atoms with van der Waals surface area (Å²) in [4.78, 5) is 37.8. The molecule has 3 heterocycles. The second-order valence-corrected chi connectivity index (χ2v) is 12.7. The maximum Gasteiger partial charge on any atom is 0.335 e. The van der Waals surface area contributed by atoms with Crippen LogP contribution in [0, 0.1) is 0 Å². The molecule has 2 saturated heterocycles. The largest absolute Gasteiger partial charge is 0.478 e. The molecule has 48 heavy (non-hydrogen) atoms. The molecule has 9 heteroatoms. The van der Waals surface area contributed by atoms with E-state index in [1.54, 1.807) is 18.5 Å². The Morgan fingerprint density at radius 1 is 0.875 bits per heavy atom. The number of hydrogen-bond acceptors (Lipinski definition) is 6. The molecular weight excluding hydrogens is 602 g/mol. The molecule has 9 nitrogen and oxygen atoms in total. The van der Waals surface area contributed by atoms with E-state index in [4.69, 9.17) is 9.72 Å². The first-order valence-electron chi connectivity index (χ1n) is 16.8. The number of ether oxygens (including phenoxy) is 1. The van der Waals surface area contributed by atoms with E-state index >= 15 is 0 Å². The minimum Gasteiger partial charge on any atom is -0.478 e. The number of allylic oxidation sites excluding steroid dienone is 4. The molecule has 3 aliphatic rings. The molecule has 4 aromatic rings. The molecular formula is C39H41N5O4. The highest BCUT2D eigenvalue weighted by Gasteiger charge is 2.34. The standard InChI is InChI=1S/C39H41N5O4/c45-38(43-19-18-41(26-30-8-3-1-4-9-30)27-35(43)24-29-14-16-32(17-15-29)39(46)47)36-37(31-10-5-2-6-11-31)44(28-40-36)34-13-7-12-33(25-34)42-20-22-48-23-21-42/h1-5,7-10,12-17,25,28,35H,6,11,18-24,26-27H2,(H,46,47)/t35-/m1/s1. The molecule has 1 aliphatic carbocycles. The van der Waals surface area contributed by atoms with Crippen molar-refractivity contribution in [3.8, 4) is 5.69 Å². The molecule has 2 aliphatic heterocycles. The quantitative estimate of drug-likeness (QED) is 0.250. The van der Waals surface area contributed by atoms with E-state index in [9.17, 15) is 14.7 Å². The number of imidazole rings is 1. The fourth-order valence-electron chi connectivity index (χ4n) is 7.01. The molecule has 1 atom stereocenters. The number of benzene rings is 3. The highest BCUT2D eigenvalue weighted by atomic mass is 16.5. The Morgan fingerprint density at radius 2 is 1.67 bits per heavy atom. The summed E-state index contributed by atoms with van der Waals surface area (Å²) in [5.74, 6) is -1.02. The Kier molecular flexibility index (Phi) is 9.49. The van der Waals surface area contributed by atoms with E-state index in [0.717, 1.165) is 67.2 Å². The van der Waals surface area contributed by atoms with Crippen molar-refractivity contribution in [2.45, 2.75) is 31.8 Å². The first-order valence-corrected chi connectivity index (χ1v) is 16.8. The van der Waals surface area contributed by atoms with Gasteiger partial charge in [-0.15, -0.1) is 0 Å². The normalized spacial score (nSPS) is 18.5. The Labute approximate surface area is 281 Å². The van der Waals surface area contributed by atoms with Crippen molar-refractivity contribution < 1.29 is 19.4 Å². The van der Waals surface area contributed by atoms with Gasteiger partial charge in [0.15, 0.2) is 5.69 Å². The van der Waals surface area contributed by atoms with E-state index in [1.807, 2.05) is 23.1 Å². The summed E-state index contributed by atoms with van der Waals surface area (Å²) >= 11 is 0. The molecule has 0 bridgehead atoms. The van der Waals surface area contributed by atoms with Crippen molar-refractivity contribution in [1.82, 2.24) is 19.4 Å². The highest BCUT2D eigenvalue weighted by Crippen LogP contribution is 2.32. The van der Waals surface area contributed by atoms with Crippen molar-refractivity contribution in [2.75, 3.05) is 50.8 Å². The van der Waals surface area contributed by atoms with Gasteiger partial charge in [0.2, 0.25) is 0 Å². The number of anilines is 1. The van der Waals surface area contributed by atoms with Crippen molar-refractivity contribution >= 4 is 23.1 Å². The van der Waals surface area contributed by atoms with Gasteiger partial charge < -0.3 is 19.6 Å². The second kappa shape index (κ2) is 14.4. The van der Waals surface area contributed by atoms with Gasteiger partial charge in [-0.3, -0.25) is 14.3 Å². The second-order valence-electron chi connectivity index (χ2n) is 12.7. The average Bonchev–Trinajstić information content (AvgIpc) is 3.58. The van der Waals surface area contributed by atoms with Gasteiger partial charge in [-0.05, 0) is 66.3 Å². The lowest BCUT2D eigenvalue weighted by atomic mass is 9.97. The molecule has 0 unspecified atom stereocenters. The van der Waals surface area contributed by atoms with Gasteiger partial charge in [-0.2, -0.15) is 0 Å². The summed E-state index contributed by atoms with van der Waals surface area (Å²) in [5.41, 5.74) is 7.00. The number of rotatable bonds is 9. The lowest BCUT2D eigenvalue weighted by Crippen LogP contribution is -2.55. The van der Waals surface area contributed by atoms with E-state index in [2.05, 4.69) is 81.1 Å². The van der Waals surface area contributed by atoms with E-state index in [1.165, 1.54) is 5.56 Å². The number of carbonyl (C=O) groups is 2. The number of carbonyl (C=O) groups excluding carboxylic acids is 1. The SMILES string of the molecule is O=C(O)c1ccc(C[C@@H]2CN(Cc3ccccc3)CCN2C(=O)c2ncn(-c3cccc(N4CCOCC4)c3)c2C2=CC=CCC2)cc1. The number of amides is 1. The van der Waals surface area contributed by atoms with Crippen LogP contribution >= 0.6 is 0 Å². The van der Waals surface area contributed by atoms with Crippen molar-refractivity contribution in [3.05, 3.63) is 131 Å². The van der Waals surface area contributed by atoms with Crippen LogP contribution in [0.2, 0.25) is 0 Å². The molecule has 0 radical (unpaired) electrons. The molecule has 2 fully saturated rings. The molecule has 1 aromatic heterocycles. The third-order valence-electron chi connectivity index (χ3n) is 9.52. The maximum absolute atomic E-state index is 14.7. The number of carboxylic acids is 1. The van der Waals surface area contributed by atoms with Gasteiger partial charge in [0.05, 0.1) is 24.5 Å². The van der Waals surface area contributed by atoms with Crippen LogP contribution in [0.25, 0.3) is 11.3 Å². The zero-order chi connectivity index (χ0) is 32.9. The molecule has 246 valence electrons. The van der Waals surface area contributed by atoms with Crippen LogP contribution < -0.4 is 4.90 Å². The van der Waals surface area contributed by atoms with Crippen molar-refractivity contribution in [2.24, 2.45) is 0 Å². The summed E-state index contributed by atoms with van der Waals surface area (Å²) in [6, 6.07) is 25.8. The summed E-state index contributed by atoms with van der Waals surface area (Å²) in [5, 5.41) is 9.43. The van der Waals surface area contributed by atoms with Crippen LogP contribution in [0.4, 0.5) is 5.69 Å². The summed E-state index contributed by atoms with van der Waals surface area (Å²) < 4.78 is 7.66. The first kappa shape index (κ1) is 31.6. The topological polar surface area (TPSA) is 91.1 Å². The summed E-state index contributed by atoms with van der Waals surface area (Å²) in [6.45, 7) is 5.93. The number of hydrogen-bond donors (Lipinski definition) is 1. The fraction of sp³-hybridized carbons (Fsp3) is 0.308. The van der Waals surface area contributed by atoms with Crippen LogP contribution in [0.1, 0.15) is 50.5 Å². The molecule has 3 aromatic carbocycles. The minimum absolute atomic E-state index is 0.0740. The van der Waals surface area contributed by atoms with E-state index < -0.39 is 5.97 Å².